The molecule has 0 radical (unpaired) electrons. The predicted octanol–water partition coefficient (Wildman–Crippen LogP) is 3.33. The lowest BCUT2D eigenvalue weighted by Gasteiger charge is -2.11. The number of para-hydroxylation sites is 1. The van der Waals surface area contributed by atoms with Gasteiger partial charge in [0.05, 0.1) is 5.56 Å². The Labute approximate surface area is 126 Å². The molecule has 0 aliphatic rings. The van der Waals surface area contributed by atoms with E-state index < -0.39 is 26.6 Å². The smallest absolute Gasteiger partial charge is 0.342 e. The summed E-state index contributed by atoms with van der Waals surface area (Å²) < 4.78 is 55.5. The standard InChI is InChI=1S/C15H12F2O4S/c1-2-13(18)11-5-3-4-6-14(11)21-22(19,20)15-8-7-10(16)9-12(15)17/h3-9H,2H2,1H3. The first kappa shape index (κ1) is 16.1. The molecule has 0 saturated carbocycles. The summed E-state index contributed by atoms with van der Waals surface area (Å²) in [6.07, 6.45) is 0.158. The number of rotatable bonds is 5. The van der Waals surface area contributed by atoms with Gasteiger partial charge in [0.2, 0.25) is 0 Å². The minimum Gasteiger partial charge on any atom is -0.378 e. The van der Waals surface area contributed by atoms with E-state index in [4.69, 9.17) is 4.18 Å². The van der Waals surface area contributed by atoms with E-state index in [0.29, 0.717) is 6.07 Å². The molecular formula is C15H12F2O4S. The first-order valence-corrected chi connectivity index (χ1v) is 7.77. The Balaban J connectivity index is 2.44. The number of ketones is 1. The van der Waals surface area contributed by atoms with E-state index >= 15 is 0 Å². The van der Waals surface area contributed by atoms with Crippen molar-refractivity contribution in [3.63, 3.8) is 0 Å². The summed E-state index contributed by atoms with van der Waals surface area (Å²) in [4.78, 5) is 11.0. The highest BCUT2D eigenvalue weighted by Gasteiger charge is 2.24. The van der Waals surface area contributed by atoms with E-state index in [1.54, 1.807) is 13.0 Å². The normalized spacial score (nSPS) is 11.2. The molecule has 4 nitrogen and oxygen atoms in total. The highest BCUT2D eigenvalue weighted by Crippen LogP contribution is 2.25. The maximum atomic E-state index is 13.6. The summed E-state index contributed by atoms with van der Waals surface area (Å²) in [5.41, 5.74) is 0.0797. The van der Waals surface area contributed by atoms with Gasteiger partial charge in [-0.1, -0.05) is 19.1 Å². The zero-order valence-electron chi connectivity index (χ0n) is 11.5. The first-order valence-electron chi connectivity index (χ1n) is 6.37. The summed E-state index contributed by atoms with van der Waals surface area (Å²) >= 11 is 0. The molecule has 0 bridgehead atoms. The van der Waals surface area contributed by atoms with Crippen LogP contribution in [0.25, 0.3) is 0 Å². The summed E-state index contributed by atoms with van der Waals surface area (Å²) in [5.74, 6) is -2.68. The van der Waals surface area contributed by atoms with Crippen LogP contribution < -0.4 is 4.18 Å². The molecule has 0 N–H and O–H groups in total. The Bertz CT molecular complexity index is 816. The quantitative estimate of drug-likeness (QED) is 0.625. The fraction of sp³-hybridized carbons (Fsp3) is 0.133. The minimum atomic E-state index is -4.52. The molecule has 0 unspecified atom stereocenters. The van der Waals surface area contributed by atoms with Crippen molar-refractivity contribution < 1.29 is 26.2 Å². The van der Waals surface area contributed by atoms with Crippen LogP contribution in [0.2, 0.25) is 0 Å². The van der Waals surface area contributed by atoms with Crippen molar-refractivity contribution in [3.05, 3.63) is 59.7 Å². The van der Waals surface area contributed by atoms with Crippen molar-refractivity contribution in [3.8, 4) is 5.75 Å². The molecule has 2 rings (SSSR count). The second kappa shape index (κ2) is 6.23. The Morgan fingerprint density at radius 1 is 1.14 bits per heavy atom. The monoisotopic (exact) mass is 326 g/mol. The third kappa shape index (κ3) is 3.30. The number of halogens is 2. The zero-order chi connectivity index (χ0) is 16.3. The van der Waals surface area contributed by atoms with Gasteiger partial charge in [-0.2, -0.15) is 8.42 Å². The van der Waals surface area contributed by atoms with Gasteiger partial charge in [-0.15, -0.1) is 0 Å². The molecule has 2 aromatic carbocycles. The van der Waals surface area contributed by atoms with Crippen LogP contribution in [0.3, 0.4) is 0 Å². The topological polar surface area (TPSA) is 60.4 Å². The molecule has 116 valence electrons. The number of benzene rings is 2. The number of hydrogen-bond acceptors (Lipinski definition) is 4. The van der Waals surface area contributed by atoms with Crippen molar-refractivity contribution >= 4 is 15.9 Å². The fourth-order valence-corrected chi connectivity index (χ4v) is 2.81. The van der Waals surface area contributed by atoms with Crippen LogP contribution >= 0.6 is 0 Å². The zero-order valence-corrected chi connectivity index (χ0v) is 12.4. The third-order valence-electron chi connectivity index (χ3n) is 2.87. The number of carbonyl (C=O) groups is 1. The maximum Gasteiger partial charge on any atom is 0.342 e. The van der Waals surface area contributed by atoms with E-state index in [2.05, 4.69) is 0 Å². The van der Waals surface area contributed by atoms with E-state index in [1.807, 2.05) is 0 Å². The van der Waals surface area contributed by atoms with Crippen LogP contribution in [0.4, 0.5) is 8.78 Å². The average Bonchev–Trinajstić information content (AvgIpc) is 2.46. The van der Waals surface area contributed by atoms with Gasteiger partial charge in [0.15, 0.2) is 11.5 Å². The first-order chi connectivity index (χ1) is 10.3. The Hall–Kier alpha value is -2.28. The van der Waals surface area contributed by atoms with Gasteiger partial charge in [0.25, 0.3) is 0 Å². The lowest BCUT2D eigenvalue weighted by molar-refractivity contribution is 0.0986. The maximum absolute atomic E-state index is 13.6. The number of hydrogen-bond donors (Lipinski definition) is 0. The molecule has 0 aromatic heterocycles. The number of Topliss-reactive ketones (excluding diaryl/α,β-unsaturated/α-hetero) is 1. The minimum absolute atomic E-state index is 0.0797. The van der Waals surface area contributed by atoms with Gasteiger partial charge in [-0.3, -0.25) is 4.79 Å². The van der Waals surface area contributed by atoms with E-state index in [0.717, 1.165) is 12.1 Å². The van der Waals surface area contributed by atoms with Crippen molar-refractivity contribution in [2.75, 3.05) is 0 Å². The van der Waals surface area contributed by atoms with E-state index in [1.165, 1.54) is 18.2 Å². The van der Waals surface area contributed by atoms with Crippen molar-refractivity contribution in [1.29, 1.82) is 0 Å². The summed E-state index contributed by atoms with van der Waals surface area (Å²) in [7, 11) is -4.52. The van der Waals surface area contributed by atoms with Gasteiger partial charge >= 0.3 is 10.1 Å². The molecule has 0 saturated heterocycles. The molecule has 0 spiro atoms. The second-order valence-electron chi connectivity index (χ2n) is 4.39. The molecular weight excluding hydrogens is 314 g/mol. The number of carbonyl (C=O) groups excluding carboxylic acids is 1. The van der Waals surface area contributed by atoms with Crippen LogP contribution in [-0.2, 0) is 10.1 Å². The van der Waals surface area contributed by atoms with Crippen LogP contribution in [0.15, 0.2) is 47.4 Å². The molecule has 0 heterocycles. The summed E-state index contributed by atoms with van der Waals surface area (Å²) in [5, 5.41) is 0. The van der Waals surface area contributed by atoms with Crippen molar-refractivity contribution in [1.82, 2.24) is 0 Å². The molecule has 22 heavy (non-hydrogen) atoms. The molecule has 0 fully saturated rings. The Kier molecular flexibility index (Phi) is 4.56. The largest absolute Gasteiger partial charge is 0.378 e. The van der Waals surface area contributed by atoms with Gasteiger partial charge in [-0.05, 0) is 24.3 Å². The van der Waals surface area contributed by atoms with Gasteiger partial charge in [0, 0.05) is 12.5 Å². The lowest BCUT2D eigenvalue weighted by Crippen LogP contribution is -2.14. The van der Waals surface area contributed by atoms with Crippen molar-refractivity contribution in [2.45, 2.75) is 18.2 Å². The Morgan fingerprint density at radius 2 is 1.82 bits per heavy atom. The summed E-state index contributed by atoms with van der Waals surface area (Å²) in [6.45, 7) is 1.62. The predicted molar refractivity (Wildman–Crippen MR) is 75.2 cm³/mol. The highest BCUT2D eigenvalue weighted by atomic mass is 32.2. The molecule has 0 aliphatic carbocycles. The van der Waals surface area contributed by atoms with Crippen LogP contribution in [0.1, 0.15) is 23.7 Å². The van der Waals surface area contributed by atoms with E-state index in [9.17, 15) is 22.0 Å². The molecule has 0 atom stereocenters. The van der Waals surface area contributed by atoms with Crippen molar-refractivity contribution in [2.24, 2.45) is 0 Å². The highest BCUT2D eigenvalue weighted by molar-refractivity contribution is 7.87. The van der Waals surface area contributed by atoms with Crippen LogP contribution in [0, 0.1) is 11.6 Å². The third-order valence-corrected chi connectivity index (χ3v) is 4.14. The average molecular weight is 326 g/mol. The fourth-order valence-electron chi connectivity index (χ4n) is 1.80. The Morgan fingerprint density at radius 3 is 2.45 bits per heavy atom. The SMILES string of the molecule is CCC(=O)c1ccccc1OS(=O)(=O)c1ccc(F)cc1F. The van der Waals surface area contributed by atoms with Gasteiger partial charge < -0.3 is 4.18 Å². The second-order valence-corrected chi connectivity index (χ2v) is 5.90. The van der Waals surface area contributed by atoms with Crippen LogP contribution in [0.5, 0.6) is 5.75 Å². The molecule has 2 aromatic rings. The van der Waals surface area contributed by atoms with Gasteiger partial charge in [-0.25, -0.2) is 8.78 Å². The molecule has 7 heteroatoms. The van der Waals surface area contributed by atoms with E-state index in [-0.39, 0.29) is 23.5 Å². The summed E-state index contributed by atoms with van der Waals surface area (Å²) in [6, 6.07) is 7.77. The van der Waals surface area contributed by atoms with Crippen LogP contribution in [-0.4, -0.2) is 14.2 Å². The lowest BCUT2D eigenvalue weighted by atomic mass is 10.1. The van der Waals surface area contributed by atoms with Gasteiger partial charge in [0.1, 0.15) is 16.5 Å². The molecule has 0 amide bonds. The molecule has 0 aliphatic heterocycles.